The molecule has 3 N–H and O–H groups in total. The molecule has 0 unspecified atom stereocenters. The number of hydrogen-bond donors (Lipinski definition) is 2. The molecule has 14 heteroatoms. The fourth-order valence-corrected chi connectivity index (χ4v) is 4.82. The van der Waals surface area contributed by atoms with Crippen LogP contribution in [0.15, 0.2) is 16.8 Å². The Hall–Kier alpha value is -2.71. The van der Waals surface area contributed by atoms with Crippen molar-refractivity contribution in [1.29, 1.82) is 0 Å². The van der Waals surface area contributed by atoms with Gasteiger partial charge >= 0.3 is 6.18 Å². The third-order valence-electron chi connectivity index (χ3n) is 6.00. The third-order valence-corrected chi connectivity index (χ3v) is 6.68. The predicted molar refractivity (Wildman–Crippen MR) is 114 cm³/mol. The van der Waals surface area contributed by atoms with E-state index in [-0.39, 0.29) is 43.0 Å². The number of amides is 2. The van der Waals surface area contributed by atoms with E-state index in [4.69, 9.17) is 5.73 Å². The van der Waals surface area contributed by atoms with Gasteiger partial charge < -0.3 is 20.6 Å². The van der Waals surface area contributed by atoms with Crippen LogP contribution >= 0.6 is 11.3 Å². The van der Waals surface area contributed by atoms with Crippen LogP contribution in [0.4, 0.5) is 22.0 Å². The normalized spacial score (nSPS) is 21.1. The molecule has 2 aliphatic heterocycles. The first-order valence-electron chi connectivity index (χ1n) is 10.7. The van der Waals surface area contributed by atoms with Crippen molar-refractivity contribution in [1.82, 2.24) is 19.8 Å². The van der Waals surface area contributed by atoms with E-state index in [1.807, 2.05) is 0 Å². The highest BCUT2D eigenvalue weighted by atomic mass is 32.1. The topological polar surface area (TPSA) is 113 Å². The number of carbonyl (C=O) groups is 2. The Labute approximate surface area is 200 Å². The van der Waals surface area contributed by atoms with Gasteiger partial charge in [-0.15, -0.1) is 0 Å². The fourth-order valence-electron chi connectivity index (χ4n) is 4.18. The Bertz CT molecular complexity index is 1110. The monoisotopic (exact) mass is 519 g/mol. The lowest BCUT2D eigenvalue weighted by atomic mass is 10.0. The predicted octanol–water partition coefficient (Wildman–Crippen LogP) is 2.40. The number of nitrogens with zero attached hydrogens (tertiary/aromatic N) is 4. The van der Waals surface area contributed by atoms with Crippen molar-refractivity contribution in [3.8, 4) is 11.4 Å². The Morgan fingerprint density at radius 2 is 2.06 bits per heavy atom. The lowest BCUT2D eigenvalue weighted by Crippen LogP contribution is -2.58. The Balaban J connectivity index is 1.48. The van der Waals surface area contributed by atoms with Gasteiger partial charge in [-0.3, -0.25) is 9.59 Å². The number of piperidine rings is 1. The number of alkyl halides is 5. The number of rotatable bonds is 5. The first-order chi connectivity index (χ1) is 16.4. The summed E-state index contributed by atoms with van der Waals surface area (Å²) >= 11 is 1.28. The maximum atomic E-state index is 13.8. The lowest BCUT2D eigenvalue weighted by Gasteiger charge is -2.38. The molecule has 2 atom stereocenters. The summed E-state index contributed by atoms with van der Waals surface area (Å²) < 4.78 is 68.6. The van der Waals surface area contributed by atoms with Crippen molar-refractivity contribution < 1.29 is 36.6 Å². The molecule has 2 aromatic heterocycles. The van der Waals surface area contributed by atoms with Crippen molar-refractivity contribution in [2.45, 2.75) is 56.6 Å². The van der Waals surface area contributed by atoms with E-state index in [0.29, 0.717) is 10.5 Å². The molecule has 4 heterocycles. The number of thiophene rings is 1. The summed E-state index contributed by atoms with van der Waals surface area (Å²) in [5.41, 5.74) is 5.31. The summed E-state index contributed by atoms with van der Waals surface area (Å²) in [6, 6.07) is 0.533. The van der Waals surface area contributed by atoms with E-state index in [9.17, 15) is 36.6 Å². The zero-order chi connectivity index (χ0) is 25.5. The van der Waals surface area contributed by atoms with Crippen LogP contribution in [0.1, 0.15) is 36.2 Å². The molecule has 0 radical (unpaired) electrons. The zero-order valence-electron chi connectivity index (χ0n) is 18.3. The highest BCUT2D eigenvalue weighted by Crippen LogP contribution is 2.36. The van der Waals surface area contributed by atoms with Gasteiger partial charge in [-0.1, -0.05) is 0 Å². The summed E-state index contributed by atoms with van der Waals surface area (Å²) in [6.07, 6.45) is -8.74. The van der Waals surface area contributed by atoms with Crippen molar-refractivity contribution in [2.24, 2.45) is 5.73 Å². The number of carbonyl (C=O) groups excluding carboxylic acids is 2. The minimum atomic E-state index is -4.70. The van der Waals surface area contributed by atoms with E-state index >= 15 is 0 Å². The summed E-state index contributed by atoms with van der Waals surface area (Å²) in [7, 11) is 0. The molecule has 1 fully saturated rings. The second kappa shape index (κ2) is 9.39. The molecular weight excluding hydrogens is 497 g/mol. The Kier molecular flexibility index (Phi) is 6.81. The van der Waals surface area contributed by atoms with E-state index in [2.05, 4.69) is 9.97 Å². The molecule has 2 amide bonds. The van der Waals surface area contributed by atoms with Gasteiger partial charge in [0, 0.05) is 54.9 Å². The van der Waals surface area contributed by atoms with Crippen LogP contribution < -0.4 is 5.73 Å². The number of hydrogen-bond acceptors (Lipinski definition) is 7. The zero-order valence-corrected chi connectivity index (χ0v) is 19.1. The number of likely N-dealkylation sites (tertiary alicyclic amines) is 1. The number of fused-ring (bicyclic) bond motifs is 1. The SMILES string of the molecule is N[C@@H](CC(=O)N1CCc2c(nc(-c3ccsc3)nc2C(F)(F)F)C1)CN1C(=O)CCC(F)(F)[C@H]1O. The summed E-state index contributed by atoms with van der Waals surface area (Å²) in [5, 5.41) is 13.1. The standard InChI is InChI=1S/C21H22F5N5O3S/c22-20(23)4-1-15(32)31(19(20)34)8-12(27)7-16(33)30-5-2-13-14(9-30)28-18(11-3-6-35-10-11)29-17(13)21(24,25)26/h3,6,10,12,19,34H,1-2,4-5,7-9,27H2/t12-,19+/m0/s1. The van der Waals surface area contributed by atoms with Crippen molar-refractivity contribution in [3.05, 3.63) is 33.8 Å². The van der Waals surface area contributed by atoms with E-state index < -0.39 is 61.3 Å². The molecule has 2 aliphatic rings. The molecule has 0 aliphatic carbocycles. The highest BCUT2D eigenvalue weighted by molar-refractivity contribution is 7.08. The largest absolute Gasteiger partial charge is 0.433 e. The second-order valence-corrected chi connectivity index (χ2v) is 9.32. The van der Waals surface area contributed by atoms with Gasteiger partial charge in [-0.2, -0.15) is 24.5 Å². The summed E-state index contributed by atoms with van der Waals surface area (Å²) in [5.74, 6) is -4.81. The third kappa shape index (κ3) is 5.28. The molecule has 0 saturated carbocycles. The molecule has 190 valence electrons. The van der Waals surface area contributed by atoms with Crippen LogP contribution in [0.25, 0.3) is 11.4 Å². The number of halogens is 5. The Morgan fingerprint density at radius 3 is 2.71 bits per heavy atom. The van der Waals surface area contributed by atoms with Crippen LogP contribution in [-0.4, -0.2) is 68.0 Å². The van der Waals surface area contributed by atoms with Crippen molar-refractivity contribution in [3.63, 3.8) is 0 Å². The van der Waals surface area contributed by atoms with Crippen LogP contribution in [0, 0.1) is 0 Å². The van der Waals surface area contributed by atoms with Crippen molar-refractivity contribution in [2.75, 3.05) is 13.1 Å². The molecule has 2 aromatic rings. The molecule has 1 saturated heterocycles. The minimum absolute atomic E-state index is 0.0356. The highest BCUT2D eigenvalue weighted by Gasteiger charge is 2.48. The Morgan fingerprint density at radius 1 is 1.31 bits per heavy atom. The molecule has 0 bridgehead atoms. The van der Waals surface area contributed by atoms with Gasteiger partial charge in [0.2, 0.25) is 11.8 Å². The average Bonchev–Trinajstić information content (AvgIpc) is 3.33. The smallest absolute Gasteiger partial charge is 0.368 e. The van der Waals surface area contributed by atoms with Gasteiger partial charge in [-0.25, -0.2) is 18.7 Å². The molecule has 8 nitrogen and oxygen atoms in total. The first-order valence-corrected chi connectivity index (χ1v) is 11.7. The van der Waals surface area contributed by atoms with Gasteiger partial charge in [0.15, 0.2) is 17.7 Å². The molecule has 0 aromatic carbocycles. The number of nitrogens with two attached hydrogens (primary N) is 1. The average molecular weight is 519 g/mol. The van der Waals surface area contributed by atoms with Crippen LogP contribution in [0.3, 0.4) is 0 Å². The number of aromatic nitrogens is 2. The van der Waals surface area contributed by atoms with Crippen molar-refractivity contribution >= 4 is 23.2 Å². The van der Waals surface area contributed by atoms with Gasteiger partial charge in [0.05, 0.1) is 12.2 Å². The minimum Gasteiger partial charge on any atom is -0.368 e. The van der Waals surface area contributed by atoms with Crippen LogP contribution in [0.2, 0.25) is 0 Å². The summed E-state index contributed by atoms with van der Waals surface area (Å²) in [4.78, 5) is 34.6. The fraction of sp³-hybridized carbons (Fsp3) is 0.524. The molecular formula is C21H22F5N5O3S. The second-order valence-electron chi connectivity index (χ2n) is 8.54. The maximum Gasteiger partial charge on any atom is 0.433 e. The lowest BCUT2D eigenvalue weighted by molar-refractivity contribution is -0.205. The van der Waals surface area contributed by atoms with Crippen LogP contribution in [0.5, 0.6) is 0 Å². The van der Waals surface area contributed by atoms with E-state index in [1.165, 1.54) is 16.2 Å². The van der Waals surface area contributed by atoms with Crippen LogP contribution in [-0.2, 0) is 28.7 Å². The number of aliphatic hydroxyl groups is 1. The molecule has 35 heavy (non-hydrogen) atoms. The number of aliphatic hydroxyl groups excluding tert-OH is 1. The van der Waals surface area contributed by atoms with Gasteiger partial charge in [0.1, 0.15) is 0 Å². The van der Waals surface area contributed by atoms with E-state index in [0.717, 1.165) is 0 Å². The maximum absolute atomic E-state index is 13.8. The first kappa shape index (κ1) is 25.4. The molecule has 4 rings (SSSR count). The van der Waals surface area contributed by atoms with E-state index in [1.54, 1.807) is 16.8 Å². The summed E-state index contributed by atoms with van der Waals surface area (Å²) in [6.45, 7) is -0.701. The quantitative estimate of drug-likeness (QED) is 0.587. The molecule has 0 spiro atoms. The van der Waals surface area contributed by atoms with Gasteiger partial charge in [-0.05, 0) is 17.9 Å². The van der Waals surface area contributed by atoms with Gasteiger partial charge in [0.25, 0.3) is 5.92 Å².